The highest BCUT2D eigenvalue weighted by Gasteiger charge is 2.20. The number of hydrogen-bond donors (Lipinski definition) is 4. The van der Waals surface area contributed by atoms with Gasteiger partial charge < -0.3 is 20.6 Å². The lowest BCUT2D eigenvalue weighted by Gasteiger charge is -2.21. The number of aliphatic hydroxyl groups excluding tert-OH is 3. The molecule has 0 spiro atoms. The van der Waals surface area contributed by atoms with Crippen LogP contribution < -0.4 is 5.32 Å². The third-order valence-electron chi connectivity index (χ3n) is 9.98. The predicted octanol–water partition coefficient (Wildman–Crippen LogP) is 12.2. The fourth-order valence-corrected chi connectivity index (χ4v) is 6.63. The molecule has 0 bridgehead atoms. The first-order valence-electron chi connectivity index (χ1n) is 21.6. The summed E-state index contributed by atoms with van der Waals surface area (Å²) in [5.41, 5.74) is 0. The molecule has 0 aromatic heterocycles. The van der Waals surface area contributed by atoms with Crippen molar-refractivity contribution >= 4 is 5.91 Å². The van der Waals surface area contributed by atoms with E-state index in [0.717, 1.165) is 25.7 Å². The number of hydrogen-bond acceptors (Lipinski definition) is 4. The maximum Gasteiger partial charge on any atom is 0.222 e. The van der Waals surface area contributed by atoms with E-state index in [1.165, 1.54) is 173 Å². The zero-order chi connectivity index (χ0) is 35.9. The summed E-state index contributed by atoms with van der Waals surface area (Å²) in [6.07, 6.45) is 47.5. The van der Waals surface area contributed by atoms with Gasteiger partial charge in [-0.3, -0.25) is 4.79 Å². The number of carbonyl (C=O) groups excluding carboxylic acids is 1. The zero-order valence-electron chi connectivity index (χ0n) is 32.8. The molecule has 1 amide bonds. The van der Waals surface area contributed by atoms with E-state index in [2.05, 4.69) is 31.3 Å². The number of carbonyl (C=O) groups is 1. The van der Waals surface area contributed by atoms with Crippen LogP contribution in [0.5, 0.6) is 0 Å². The maximum absolute atomic E-state index is 12.4. The van der Waals surface area contributed by atoms with Crippen molar-refractivity contribution in [1.29, 1.82) is 0 Å². The van der Waals surface area contributed by atoms with E-state index in [1.54, 1.807) is 6.08 Å². The van der Waals surface area contributed by atoms with E-state index < -0.39 is 18.2 Å². The first-order valence-corrected chi connectivity index (χ1v) is 21.6. The molecule has 0 rings (SSSR count). The molecule has 5 heteroatoms. The van der Waals surface area contributed by atoms with E-state index in [0.29, 0.717) is 6.42 Å². The summed E-state index contributed by atoms with van der Waals surface area (Å²) in [6, 6.07) is -0.742. The average molecular weight is 692 g/mol. The quantitative estimate of drug-likeness (QED) is 0.0381. The summed E-state index contributed by atoms with van der Waals surface area (Å²) in [5.74, 6) is -0.318. The fourth-order valence-electron chi connectivity index (χ4n) is 6.63. The second kappa shape index (κ2) is 39.6. The fraction of sp³-hybridized carbons (Fsp3) is 0.886. The van der Waals surface area contributed by atoms with Gasteiger partial charge in [-0.15, -0.1) is 0 Å². The molecule has 3 unspecified atom stereocenters. The van der Waals surface area contributed by atoms with Gasteiger partial charge in [0.1, 0.15) is 0 Å². The number of amides is 1. The molecule has 0 saturated carbocycles. The SMILES string of the molecule is CCCCCCCCCCC/C=C/C(O)C(CO)NC(=O)CC(O)CCCCCCCCC/C=C\CCCCCCCCCCCCCC. The van der Waals surface area contributed by atoms with Gasteiger partial charge in [-0.25, -0.2) is 0 Å². The first kappa shape index (κ1) is 47.8. The number of aliphatic hydroxyl groups is 3. The minimum atomic E-state index is -0.926. The van der Waals surface area contributed by atoms with Gasteiger partial charge >= 0.3 is 0 Å². The highest BCUT2D eigenvalue weighted by Crippen LogP contribution is 2.15. The molecule has 0 radical (unpaired) electrons. The van der Waals surface area contributed by atoms with Crippen LogP contribution in [0.1, 0.15) is 226 Å². The normalized spacial score (nSPS) is 13.8. The van der Waals surface area contributed by atoms with Gasteiger partial charge in [0, 0.05) is 0 Å². The summed E-state index contributed by atoms with van der Waals surface area (Å²) in [7, 11) is 0. The van der Waals surface area contributed by atoms with Gasteiger partial charge in [0.2, 0.25) is 5.91 Å². The Morgan fingerprint density at radius 2 is 0.857 bits per heavy atom. The molecule has 0 aliphatic rings. The molecule has 49 heavy (non-hydrogen) atoms. The highest BCUT2D eigenvalue weighted by atomic mass is 16.3. The van der Waals surface area contributed by atoms with Crippen LogP contribution in [-0.4, -0.2) is 46.1 Å². The molecular weight excluding hydrogens is 606 g/mol. The smallest absolute Gasteiger partial charge is 0.222 e. The van der Waals surface area contributed by atoms with Gasteiger partial charge in [0.05, 0.1) is 31.3 Å². The molecule has 4 N–H and O–H groups in total. The van der Waals surface area contributed by atoms with Gasteiger partial charge in [0.15, 0.2) is 0 Å². The molecular formula is C44H85NO4. The van der Waals surface area contributed by atoms with Crippen molar-refractivity contribution in [1.82, 2.24) is 5.32 Å². The highest BCUT2D eigenvalue weighted by molar-refractivity contribution is 5.76. The van der Waals surface area contributed by atoms with Gasteiger partial charge in [-0.05, 0) is 44.9 Å². The van der Waals surface area contributed by atoms with E-state index in [9.17, 15) is 20.1 Å². The third-order valence-corrected chi connectivity index (χ3v) is 9.98. The topological polar surface area (TPSA) is 89.8 Å². The van der Waals surface area contributed by atoms with Crippen LogP contribution in [0.15, 0.2) is 24.3 Å². The second-order valence-electron chi connectivity index (χ2n) is 15.0. The second-order valence-corrected chi connectivity index (χ2v) is 15.0. The first-order chi connectivity index (χ1) is 24.0. The number of rotatable bonds is 39. The molecule has 0 aromatic rings. The van der Waals surface area contributed by atoms with E-state index in [1.807, 2.05) is 6.08 Å². The molecule has 0 saturated heterocycles. The van der Waals surface area contributed by atoms with E-state index in [-0.39, 0.29) is 18.9 Å². The van der Waals surface area contributed by atoms with Crippen molar-refractivity contribution in [2.75, 3.05) is 6.61 Å². The Kier molecular flexibility index (Phi) is 38.7. The molecule has 3 atom stereocenters. The maximum atomic E-state index is 12.4. The van der Waals surface area contributed by atoms with Gasteiger partial charge in [-0.2, -0.15) is 0 Å². The van der Waals surface area contributed by atoms with Crippen LogP contribution >= 0.6 is 0 Å². The molecule has 290 valence electrons. The van der Waals surface area contributed by atoms with Crippen LogP contribution in [0.2, 0.25) is 0 Å². The number of unbranched alkanes of at least 4 members (excludes halogenated alkanes) is 28. The Morgan fingerprint density at radius 3 is 1.24 bits per heavy atom. The van der Waals surface area contributed by atoms with Crippen LogP contribution in [-0.2, 0) is 4.79 Å². The summed E-state index contributed by atoms with van der Waals surface area (Å²) >= 11 is 0. The van der Waals surface area contributed by atoms with Crippen LogP contribution in [0.3, 0.4) is 0 Å². The van der Waals surface area contributed by atoms with Crippen molar-refractivity contribution in [3.05, 3.63) is 24.3 Å². The van der Waals surface area contributed by atoms with Crippen molar-refractivity contribution in [2.24, 2.45) is 0 Å². The van der Waals surface area contributed by atoms with Crippen molar-refractivity contribution in [3.63, 3.8) is 0 Å². The number of allylic oxidation sites excluding steroid dienone is 3. The summed E-state index contributed by atoms with van der Waals surface area (Å²) in [4.78, 5) is 12.4. The molecule has 0 aromatic carbocycles. The Bertz CT molecular complexity index is 724. The van der Waals surface area contributed by atoms with Crippen LogP contribution in [0.4, 0.5) is 0 Å². The van der Waals surface area contributed by atoms with Gasteiger partial charge in [-0.1, -0.05) is 199 Å². The lowest BCUT2D eigenvalue weighted by atomic mass is 10.0. The molecule has 0 heterocycles. The van der Waals surface area contributed by atoms with Crippen LogP contribution in [0.25, 0.3) is 0 Å². The summed E-state index contributed by atoms with van der Waals surface area (Å²) in [5, 5.41) is 33.1. The summed E-state index contributed by atoms with van der Waals surface area (Å²) < 4.78 is 0. The zero-order valence-corrected chi connectivity index (χ0v) is 32.8. The average Bonchev–Trinajstić information content (AvgIpc) is 3.09. The largest absolute Gasteiger partial charge is 0.394 e. The Labute approximate surface area is 305 Å². The third kappa shape index (κ3) is 36.4. The molecule has 0 fully saturated rings. The van der Waals surface area contributed by atoms with Gasteiger partial charge in [0.25, 0.3) is 0 Å². The molecule has 5 nitrogen and oxygen atoms in total. The van der Waals surface area contributed by atoms with Crippen molar-refractivity contribution in [2.45, 2.75) is 244 Å². The Balaban J connectivity index is 3.61. The molecule has 0 aliphatic carbocycles. The monoisotopic (exact) mass is 692 g/mol. The number of nitrogens with one attached hydrogen (secondary N) is 1. The summed E-state index contributed by atoms with van der Waals surface area (Å²) in [6.45, 7) is 4.20. The van der Waals surface area contributed by atoms with E-state index in [4.69, 9.17) is 0 Å². The van der Waals surface area contributed by atoms with Crippen molar-refractivity contribution in [3.8, 4) is 0 Å². The minimum Gasteiger partial charge on any atom is -0.394 e. The predicted molar refractivity (Wildman–Crippen MR) is 213 cm³/mol. The lowest BCUT2D eigenvalue weighted by molar-refractivity contribution is -0.124. The van der Waals surface area contributed by atoms with Crippen LogP contribution in [0, 0.1) is 0 Å². The minimum absolute atomic E-state index is 0.0121. The molecule has 0 aliphatic heterocycles. The lowest BCUT2D eigenvalue weighted by Crippen LogP contribution is -2.45. The van der Waals surface area contributed by atoms with Crippen molar-refractivity contribution < 1.29 is 20.1 Å². The van der Waals surface area contributed by atoms with E-state index >= 15 is 0 Å². The Hall–Kier alpha value is -1.17. The Morgan fingerprint density at radius 1 is 0.510 bits per heavy atom. The standard InChI is InChI=1S/C44H85NO4/c1-3-5-7-9-11-13-15-16-17-18-19-20-21-22-23-24-25-26-28-29-31-33-35-37-41(47)39-44(49)45-42(40-46)43(48)38-36-34-32-30-27-14-12-10-8-6-4-2/h22-23,36,38,41-43,46-48H,3-21,24-35,37,39-40H2,1-2H3,(H,45,49)/b23-22-,38-36+.